The van der Waals surface area contributed by atoms with Crippen molar-refractivity contribution in [2.45, 2.75) is 19.6 Å². The molecule has 0 aliphatic rings. The molecule has 0 radical (unpaired) electrons. The molecule has 0 bridgehead atoms. The van der Waals surface area contributed by atoms with Crippen molar-refractivity contribution in [1.82, 2.24) is 0 Å². The van der Waals surface area contributed by atoms with Gasteiger partial charge in [-0.25, -0.2) is 17.6 Å². The van der Waals surface area contributed by atoms with Crippen molar-refractivity contribution in [3.63, 3.8) is 0 Å². The van der Waals surface area contributed by atoms with Gasteiger partial charge in [0, 0.05) is 31.7 Å². The van der Waals surface area contributed by atoms with Crippen molar-refractivity contribution >= 4 is 23.5 Å². The summed E-state index contributed by atoms with van der Waals surface area (Å²) in [5.74, 6) is -2.51. The summed E-state index contributed by atoms with van der Waals surface area (Å²) >= 11 is 2.45. The lowest BCUT2D eigenvalue weighted by Gasteiger charge is -2.05. The lowest BCUT2D eigenvalue weighted by molar-refractivity contribution is 0.576. The number of halogens is 4. The van der Waals surface area contributed by atoms with Gasteiger partial charge >= 0.3 is 0 Å². The summed E-state index contributed by atoms with van der Waals surface area (Å²) in [6.45, 7) is 0. The minimum absolute atomic E-state index is 0.458. The van der Waals surface area contributed by atoms with E-state index in [0.717, 1.165) is 21.9 Å². The van der Waals surface area contributed by atoms with Crippen LogP contribution in [0.2, 0.25) is 0 Å². The Balaban J connectivity index is 1.73. The highest BCUT2D eigenvalue weighted by molar-refractivity contribution is 7.99. The molecule has 0 unspecified atom stereocenters. The summed E-state index contributed by atoms with van der Waals surface area (Å²) in [5, 5.41) is 0. The summed E-state index contributed by atoms with van der Waals surface area (Å²) in [6, 6.07) is 13.8. The van der Waals surface area contributed by atoms with Gasteiger partial charge < -0.3 is 0 Å². The zero-order valence-electron chi connectivity index (χ0n) is 12.1. The summed E-state index contributed by atoms with van der Waals surface area (Å²) < 4.78 is 52.7. The second-order valence-corrected chi connectivity index (χ2v) is 7.18. The molecule has 0 spiro atoms. The van der Waals surface area contributed by atoms with E-state index in [2.05, 4.69) is 0 Å². The molecule has 3 aromatic carbocycles. The maximum Gasteiger partial charge on any atom is 0.127 e. The fourth-order valence-electron chi connectivity index (χ4n) is 2.02. The first-order chi connectivity index (χ1) is 11.5. The third kappa shape index (κ3) is 4.55. The van der Waals surface area contributed by atoms with Gasteiger partial charge in [0.1, 0.15) is 23.3 Å². The van der Waals surface area contributed by atoms with Gasteiger partial charge in [-0.2, -0.15) is 0 Å². The Hall–Kier alpha value is -1.92. The molecule has 0 aromatic heterocycles. The van der Waals surface area contributed by atoms with Gasteiger partial charge in [0.15, 0.2) is 0 Å². The maximum absolute atomic E-state index is 13.2. The van der Waals surface area contributed by atoms with E-state index in [1.165, 1.54) is 47.8 Å². The van der Waals surface area contributed by atoms with E-state index in [9.17, 15) is 17.6 Å². The number of benzene rings is 3. The molecule has 0 aliphatic carbocycles. The smallest absolute Gasteiger partial charge is 0.127 e. The number of hydrogen-bond acceptors (Lipinski definition) is 2. The van der Waals surface area contributed by atoms with E-state index in [4.69, 9.17) is 0 Å². The molecule has 0 N–H and O–H groups in total. The van der Waals surface area contributed by atoms with Crippen molar-refractivity contribution < 1.29 is 17.6 Å². The van der Waals surface area contributed by atoms with Crippen molar-refractivity contribution in [1.29, 1.82) is 0 Å². The molecule has 0 saturated heterocycles. The van der Waals surface area contributed by atoms with Crippen LogP contribution in [0, 0.1) is 23.3 Å². The summed E-state index contributed by atoms with van der Waals surface area (Å²) in [4.78, 5) is 2.52. The zero-order valence-corrected chi connectivity index (χ0v) is 13.7. The zero-order chi connectivity index (χ0) is 17.1. The molecule has 0 saturated carbocycles. The van der Waals surface area contributed by atoms with Gasteiger partial charge in [0.2, 0.25) is 0 Å². The summed E-state index contributed by atoms with van der Waals surface area (Å²) in [5.41, 5.74) is 0. The normalized spacial score (nSPS) is 10.8. The predicted molar refractivity (Wildman–Crippen MR) is 87.4 cm³/mol. The Bertz CT molecular complexity index is 750. The van der Waals surface area contributed by atoms with Crippen LogP contribution in [-0.2, 0) is 0 Å². The van der Waals surface area contributed by atoms with Crippen molar-refractivity contribution in [3.8, 4) is 0 Å². The van der Waals surface area contributed by atoms with Crippen molar-refractivity contribution in [2.24, 2.45) is 0 Å². The van der Waals surface area contributed by atoms with Crippen LogP contribution in [0.25, 0.3) is 0 Å². The fraction of sp³-hybridized carbons (Fsp3) is 0. The molecule has 0 atom stereocenters. The van der Waals surface area contributed by atoms with E-state index < -0.39 is 23.3 Å². The van der Waals surface area contributed by atoms with Gasteiger partial charge in [0.25, 0.3) is 0 Å². The average molecular weight is 366 g/mol. The third-order valence-corrected chi connectivity index (χ3v) is 4.93. The first kappa shape index (κ1) is 16.9. The van der Waals surface area contributed by atoms with Crippen LogP contribution < -0.4 is 0 Å². The molecule has 0 aliphatic heterocycles. The maximum atomic E-state index is 13.2. The third-order valence-electron chi connectivity index (χ3n) is 2.97. The molecule has 3 rings (SSSR count). The highest BCUT2D eigenvalue weighted by Crippen LogP contribution is 2.33. The minimum Gasteiger partial charge on any atom is -0.207 e. The lowest BCUT2D eigenvalue weighted by atomic mass is 10.3. The van der Waals surface area contributed by atoms with E-state index in [-0.39, 0.29) is 0 Å². The highest BCUT2D eigenvalue weighted by atomic mass is 32.2. The van der Waals surface area contributed by atoms with E-state index >= 15 is 0 Å². The molecular formula is C18H10F4S2. The lowest BCUT2D eigenvalue weighted by Crippen LogP contribution is -1.83. The Morgan fingerprint density at radius 3 is 1.00 bits per heavy atom. The Morgan fingerprint density at radius 2 is 0.708 bits per heavy atom. The molecule has 24 heavy (non-hydrogen) atoms. The standard InChI is InChI=1S/C18H10F4S2/c19-11-5-12(20)8-17(7-11)23-15-1-2-16(4-3-15)24-18-9-13(21)6-14(22)10-18/h1-10H. The van der Waals surface area contributed by atoms with Gasteiger partial charge in [-0.3, -0.25) is 0 Å². The second-order valence-electron chi connectivity index (χ2n) is 4.89. The highest BCUT2D eigenvalue weighted by Gasteiger charge is 2.05. The molecule has 0 nitrogen and oxygen atoms in total. The van der Waals surface area contributed by atoms with Crippen LogP contribution in [0.1, 0.15) is 0 Å². The Kier molecular flexibility index (Phi) is 5.16. The Morgan fingerprint density at radius 1 is 0.417 bits per heavy atom. The van der Waals surface area contributed by atoms with Crippen LogP contribution >= 0.6 is 23.5 Å². The minimum atomic E-state index is -0.627. The first-order valence-corrected chi connectivity index (χ1v) is 8.49. The molecule has 0 amide bonds. The second kappa shape index (κ2) is 7.32. The molecule has 0 fully saturated rings. The van der Waals surface area contributed by atoms with Crippen LogP contribution in [-0.4, -0.2) is 0 Å². The quantitative estimate of drug-likeness (QED) is 0.481. The van der Waals surface area contributed by atoms with Crippen LogP contribution in [0.3, 0.4) is 0 Å². The number of hydrogen-bond donors (Lipinski definition) is 0. The predicted octanol–water partition coefficient (Wildman–Crippen LogP) is 6.55. The number of rotatable bonds is 4. The van der Waals surface area contributed by atoms with Gasteiger partial charge in [-0.15, -0.1) is 0 Å². The summed E-state index contributed by atoms with van der Waals surface area (Å²) in [7, 11) is 0. The summed E-state index contributed by atoms with van der Waals surface area (Å²) in [6.07, 6.45) is 0. The molecule has 6 heteroatoms. The van der Waals surface area contributed by atoms with Crippen LogP contribution in [0.15, 0.2) is 80.2 Å². The van der Waals surface area contributed by atoms with Crippen molar-refractivity contribution in [3.05, 3.63) is 83.9 Å². The first-order valence-electron chi connectivity index (χ1n) is 6.86. The van der Waals surface area contributed by atoms with Gasteiger partial charge in [0.05, 0.1) is 0 Å². The van der Waals surface area contributed by atoms with E-state index in [0.29, 0.717) is 9.79 Å². The van der Waals surface area contributed by atoms with E-state index in [1.54, 1.807) is 24.3 Å². The molecule has 122 valence electrons. The van der Waals surface area contributed by atoms with Crippen LogP contribution in [0.4, 0.5) is 17.6 Å². The largest absolute Gasteiger partial charge is 0.207 e. The van der Waals surface area contributed by atoms with E-state index in [1.807, 2.05) is 0 Å². The fourth-order valence-corrected chi connectivity index (χ4v) is 3.80. The monoisotopic (exact) mass is 366 g/mol. The van der Waals surface area contributed by atoms with Gasteiger partial charge in [-0.1, -0.05) is 23.5 Å². The topological polar surface area (TPSA) is 0 Å². The molecule has 3 aromatic rings. The SMILES string of the molecule is Fc1cc(F)cc(Sc2ccc(Sc3cc(F)cc(F)c3)cc2)c1. The van der Waals surface area contributed by atoms with Gasteiger partial charge in [-0.05, 0) is 48.5 Å². The van der Waals surface area contributed by atoms with Crippen molar-refractivity contribution in [2.75, 3.05) is 0 Å². The average Bonchev–Trinajstić information content (AvgIpc) is 2.47. The Labute approximate surface area is 144 Å². The molecular weight excluding hydrogens is 356 g/mol. The van der Waals surface area contributed by atoms with Crippen LogP contribution in [0.5, 0.6) is 0 Å². The molecule has 0 heterocycles.